The number of primary amides is 1. The highest BCUT2D eigenvalue weighted by Gasteiger charge is 2.19. The number of anilines is 1. The Bertz CT molecular complexity index is 842. The molecule has 8 heteroatoms. The van der Waals surface area contributed by atoms with Crippen molar-refractivity contribution in [3.8, 4) is 17.2 Å². The molecule has 0 spiro atoms. The van der Waals surface area contributed by atoms with E-state index in [2.05, 4.69) is 5.32 Å². The fourth-order valence-electron chi connectivity index (χ4n) is 2.36. The van der Waals surface area contributed by atoms with Crippen LogP contribution in [0.2, 0.25) is 0 Å². The standard InChI is InChI=1S/C18H19FN2O5/c1-9-12(19)5-10(17(20)22)6-13(9)21-18(23)11-7-14(24-2)16(26-4)15(8-11)25-3/h5-8H,1-4H3,(H2,20,22)(H,21,23). The Morgan fingerprint density at radius 3 is 2.00 bits per heavy atom. The highest BCUT2D eigenvalue weighted by atomic mass is 19.1. The number of halogens is 1. The molecule has 0 bridgehead atoms. The molecule has 138 valence electrons. The second-order valence-electron chi connectivity index (χ2n) is 5.36. The van der Waals surface area contributed by atoms with Gasteiger partial charge < -0.3 is 25.3 Å². The van der Waals surface area contributed by atoms with Crippen LogP contribution >= 0.6 is 0 Å². The van der Waals surface area contributed by atoms with Crippen molar-refractivity contribution in [2.45, 2.75) is 6.92 Å². The molecule has 26 heavy (non-hydrogen) atoms. The summed E-state index contributed by atoms with van der Waals surface area (Å²) in [5.74, 6) is -1.07. The Morgan fingerprint density at radius 1 is 0.962 bits per heavy atom. The minimum absolute atomic E-state index is 0.0479. The SMILES string of the molecule is COc1cc(C(=O)Nc2cc(C(N)=O)cc(F)c2C)cc(OC)c1OC. The third kappa shape index (κ3) is 3.69. The third-order valence-corrected chi connectivity index (χ3v) is 3.80. The number of nitrogens with two attached hydrogens (primary N) is 1. The molecule has 0 heterocycles. The molecule has 0 radical (unpaired) electrons. The van der Waals surface area contributed by atoms with Gasteiger partial charge in [0.1, 0.15) is 5.82 Å². The van der Waals surface area contributed by atoms with E-state index in [-0.39, 0.29) is 22.4 Å². The minimum Gasteiger partial charge on any atom is -0.493 e. The number of nitrogens with one attached hydrogen (secondary N) is 1. The van der Waals surface area contributed by atoms with Gasteiger partial charge in [-0.2, -0.15) is 0 Å². The van der Waals surface area contributed by atoms with Gasteiger partial charge in [-0.05, 0) is 31.2 Å². The van der Waals surface area contributed by atoms with Crippen molar-refractivity contribution >= 4 is 17.5 Å². The zero-order chi connectivity index (χ0) is 19.4. The van der Waals surface area contributed by atoms with E-state index in [1.807, 2.05) is 0 Å². The summed E-state index contributed by atoms with van der Waals surface area (Å²) in [6.45, 7) is 1.48. The van der Waals surface area contributed by atoms with Crippen LogP contribution in [0.4, 0.5) is 10.1 Å². The largest absolute Gasteiger partial charge is 0.493 e. The van der Waals surface area contributed by atoms with Crippen molar-refractivity contribution in [3.05, 3.63) is 46.8 Å². The molecule has 0 saturated heterocycles. The van der Waals surface area contributed by atoms with Crippen molar-refractivity contribution in [1.82, 2.24) is 0 Å². The zero-order valence-corrected chi connectivity index (χ0v) is 14.8. The highest BCUT2D eigenvalue weighted by Crippen LogP contribution is 2.38. The maximum absolute atomic E-state index is 14.0. The lowest BCUT2D eigenvalue weighted by Crippen LogP contribution is -2.16. The molecule has 2 rings (SSSR count). The van der Waals surface area contributed by atoms with Crippen LogP contribution in [-0.4, -0.2) is 33.1 Å². The lowest BCUT2D eigenvalue weighted by Gasteiger charge is -2.15. The topological polar surface area (TPSA) is 99.9 Å². The van der Waals surface area contributed by atoms with E-state index in [0.29, 0.717) is 17.2 Å². The number of rotatable bonds is 6. The van der Waals surface area contributed by atoms with Crippen LogP contribution in [0.1, 0.15) is 26.3 Å². The molecule has 0 fully saturated rings. The molecule has 3 N–H and O–H groups in total. The van der Waals surface area contributed by atoms with Gasteiger partial charge in [0.05, 0.1) is 21.3 Å². The molecule has 7 nitrogen and oxygen atoms in total. The van der Waals surface area contributed by atoms with Crippen LogP contribution in [0, 0.1) is 12.7 Å². The van der Waals surface area contributed by atoms with Gasteiger partial charge in [-0.1, -0.05) is 0 Å². The third-order valence-electron chi connectivity index (χ3n) is 3.80. The summed E-state index contributed by atoms with van der Waals surface area (Å²) >= 11 is 0. The van der Waals surface area contributed by atoms with Crippen LogP contribution in [0.5, 0.6) is 17.2 Å². The lowest BCUT2D eigenvalue weighted by atomic mass is 10.1. The summed E-state index contributed by atoms with van der Waals surface area (Å²) in [4.78, 5) is 23.9. The summed E-state index contributed by atoms with van der Waals surface area (Å²) in [6, 6.07) is 5.25. The fraction of sp³-hybridized carbons (Fsp3) is 0.222. The van der Waals surface area contributed by atoms with E-state index in [4.69, 9.17) is 19.9 Å². The van der Waals surface area contributed by atoms with Crippen LogP contribution in [-0.2, 0) is 0 Å². The monoisotopic (exact) mass is 362 g/mol. The number of hydrogen-bond donors (Lipinski definition) is 2. The average Bonchev–Trinajstić information content (AvgIpc) is 2.63. The van der Waals surface area contributed by atoms with Gasteiger partial charge in [0, 0.05) is 22.4 Å². The van der Waals surface area contributed by atoms with Crippen LogP contribution in [0.3, 0.4) is 0 Å². The molecule has 0 atom stereocenters. The fourth-order valence-corrected chi connectivity index (χ4v) is 2.36. The number of hydrogen-bond acceptors (Lipinski definition) is 5. The Kier molecular flexibility index (Phi) is 5.66. The second-order valence-corrected chi connectivity index (χ2v) is 5.36. The minimum atomic E-state index is -0.799. The number of carbonyl (C=O) groups excluding carboxylic acids is 2. The van der Waals surface area contributed by atoms with E-state index in [0.717, 1.165) is 6.07 Å². The first-order valence-corrected chi connectivity index (χ1v) is 7.53. The molecule has 2 aromatic rings. The van der Waals surface area contributed by atoms with Crippen LogP contribution < -0.4 is 25.3 Å². The van der Waals surface area contributed by atoms with Gasteiger partial charge in [0.25, 0.3) is 5.91 Å². The van der Waals surface area contributed by atoms with Crippen molar-refractivity contribution in [2.75, 3.05) is 26.6 Å². The van der Waals surface area contributed by atoms with Gasteiger partial charge in [-0.15, -0.1) is 0 Å². The van der Waals surface area contributed by atoms with Gasteiger partial charge in [0.2, 0.25) is 11.7 Å². The first-order valence-electron chi connectivity index (χ1n) is 7.53. The quantitative estimate of drug-likeness (QED) is 0.822. The molecular formula is C18H19FN2O5. The second kappa shape index (κ2) is 7.73. The maximum atomic E-state index is 14.0. The summed E-state index contributed by atoms with van der Waals surface area (Å²) < 4.78 is 29.6. The van der Waals surface area contributed by atoms with Gasteiger partial charge in [0.15, 0.2) is 11.5 Å². The molecule has 0 aromatic heterocycles. The number of amides is 2. The number of carbonyl (C=O) groups is 2. The number of ether oxygens (including phenoxy) is 3. The Balaban J connectivity index is 2.44. The molecule has 0 aliphatic heterocycles. The highest BCUT2D eigenvalue weighted by molar-refractivity contribution is 6.06. The molecule has 0 aliphatic carbocycles. The lowest BCUT2D eigenvalue weighted by molar-refractivity contribution is 0.0995. The Morgan fingerprint density at radius 2 is 1.54 bits per heavy atom. The molecule has 0 unspecified atom stereocenters. The van der Waals surface area contributed by atoms with Crippen molar-refractivity contribution in [3.63, 3.8) is 0 Å². The Hall–Kier alpha value is -3.29. The van der Waals surface area contributed by atoms with Crippen molar-refractivity contribution in [1.29, 1.82) is 0 Å². The predicted molar refractivity (Wildman–Crippen MR) is 93.7 cm³/mol. The van der Waals surface area contributed by atoms with Crippen molar-refractivity contribution in [2.24, 2.45) is 5.73 Å². The maximum Gasteiger partial charge on any atom is 0.255 e. The molecule has 2 amide bonds. The normalized spacial score (nSPS) is 10.2. The zero-order valence-electron chi connectivity index (χ0n) is 14.8. The predicted octanol–water partition coefficient (Wildman–Crippen LogP) is 2.51. The first-order chi connectivity index (χ1) is 12.3. The summed E-state index contributed by atoms with van der Waals surface area (Å²) in [5.41, 5.74) is 5.65. The molecule has 0 saturated carbocycles. The summed E-state index contributed by atoms with van der Waals surface area (Å²) in [6.07, 6.45) is 0. The van der Waals surface area contributed by atoms with E-state index in [1.165, 1.54) is 46.5 Å². The van der Waals surface area contributed by atoms with Gasteiger partial charge >= 0.3 is 0 Å². The Labute approximate surface area is 149 Å². The number of benzene rings is 2. The van der Waals surface area contributed by atoms with E-state index in [9.17, 15) is 14.0 Å². The first kappa shape index (κ1) is 19.0. The van der Waals surface area contributed by atoms with E-state index >= 15 is 0 Å². The number of methoxy groups -OCH3 is 3. The van der Waals surface area contributed by atoms with E-state index < -0.39 is 17.6 Å². The van der Waals surface area contributed by atoms with E-state index in [1.54, 1.807) is 0 Å². The molecular weight excluding hydrogens is 343 g/mol. The van der Waals surface area contributed by atoms with Crippen LogP contribution in [0.15, 0.2) is 24.3 Å². The van der Waals surface area contributed by atoms with Crippen molar-refractivity contribution < 1.29 is 28.2 Å². The van der Waals surface area contributed by atoms with Crippen LogP contribution in [0.25, 0.3) is 0 Å². The molecule has 0 aliphatic rings. The summed E-state index contributed by atoms with van der Waals surface area (Å²) in [7, 11) is 4.30. The smallest absolute Gasteiger partial charge is 0.255 e. The molecule has 2 aromatic carbocycles. The summed E-state index contributed by atoms with van der Waals surface area (Å²) in [5, 5.41) is 2.56. The van der Waals surface area contributed by atoms with Gasteiger partial charge in [-0.25, -0.2) is 4.39 Å². The average molecular weight is 362 g/mol. The van der Waals surface area contributed by atoms with Gasteiger partial charge in [-0.3, -0.25) is 9.59 Å².